The fourth-order valence-corrected chi connectivity index (χ4v) is 1.71. The van der Waals surface area contributed by atoms with E-state index in [1.807, 2.05) is 0 Å². The number of nitrogens with two attached hydrogens (primary N) is 1. The number of ether oxygens (including phenoxy) is 1. The molecule has 0 atom stereocenters. The fraction of sp³-hybridized carbons (Fsp3) is 0.250. The topological polar surface area (TPSA) is 69.4 Å². The first-order chi connectivity index (χ1) is 6.55. The Balaban J connectivity index is 3.04. The molecule has 0 aliphatic heterocycles. The van der Waals surface area contributed by atoms with Crippen molar-refractivity contribution in [3.63, 3.8) is 0 Å². The van der Waals surface area contributed by atoms with E-state index in [9.17, 15) is 8.42 Å². The van der Waals surface area contributed by atoms with Gasteiger partial charge in [-0.15, -0.1) is 11.6 Å². The van der Waals surface area contributed by atoms with E-state index in [0.717, 1.165) is 0 Å². The quantitative estimate of drug-likeness (QED) is 0.790. The predicted octanol–water partition coefficient (Wildman–Crippen LogP) is 0.952. The molecule has 0 radical (unpaired) electrons. The van der Waals surface area contributed by atoms with E-state index in [0.29, 0.717) is 5.88 Å². The highest BCUT2D eigenvalue weighted by molar-refractivity contribution is 7.89. The average molecular weight is 236 g/mol. The minimum absolute atomic E-state index is 0.0230. The Morgan fingerprint density at radius 3 is 2.57 bits per heavy atom. The van der Waals surface area contributed by atoms with E-state index in [2.05, 4.69) is 0 Å². The summed E-state index contributed by atoms with van der Waals surface area (Å²) >= 11 is 5.41. The Hall–Kier alpha value is -0.780. The number of rotatable bonds is 4. The third kappa shape index (κ3) is 2.87. The van der Waals surface area contributed by atoms with Crippen molar-refractivity contribution in [3.8, 4) is 5.75 Å². The molecule has 0 heterocycles. The third-order valence-corrected chi connectivity index (χ3v) is 2.60. The number of benzene rings is 1. The summed E-state index contributed by atoms with van der Waals surface area (Å²) in [5.74, 6) is 0.523. The highest BCUT2D eigenvalue weighted by Crippen LogP contribution is 2.21. The van der Waals surface area contributed by atoms with Crippen LogP contribution in [0.4, 0.5) is 0 Å². The van der Waals surface area contributed by atoms with Gasteiger partial charge < -0.3 is 4.74 Å². The lowest BCUT2D eigenvalue weighted by Gasteiger charge is -2.07. The normalized spacial score (nSPS) is 11.3. The van der Waals surface area contributed by atoms with Crippen molar-refractivity contribution < 1.29 is 13.2 Å². The Morgan fingerprint density at radius 1 is 1.36 bits per heavy atom. The van der Waals surface area contributed by atoms with E-state index in [4.69, 9.17) is 21.5 Å². The van der Waals surface area contributed by atoms with Crippen molar-refractivity contribution in [1.82, 2.24) is 0 Å². The van der Waals surface area contributed by atoms with Crippen LogP contribution < -0.4 is 9.88 Å². The smallest absolute Gasteiger partial charge is 0.241 e. The first kappa shape index (κ1) is 11.3. The summed E-state index contributed by atoms with van der Waals surface area (Å²) in [6.45, 7) is 0.244. The third-order valence-electron chi connectivity index (χ3n) is 1.49. The Bertz CT molecular complexity index is 405. The van der Waals surface area contributed by atoms with Gasteiger partial charge in [0.2, 0.25) is 10.0 Å². The molecule has 0 aromatic heterocycles. The maximum absolute atomic E-state index is 11.1. The van der Waals surface area contributed by atoms with Gasteiger partial charge >= 0.3 is 0 Å². The molecular weight excluding hydrogens is 226 g/mol. The minimum atomic E-state index is -3.73. The molecule has 0 saturated heterocycles. The van der Waals surface area contributed by atoms with Gasteiger partial charge in [0.25, 0.3) is 0 Å². The van der Waals surface area contributed by atoms with Crippen molar-refractivity contribution in [2.24, 2.45) is 5.14 Å². The molecule has 0 aliphatic carbocycles. The van der Waals surface area contributed by atoms with E-state index < -0.39 is 10.0 Å². The Labute approximate surface area is 87.7 Å². The summed E-state index contributed by atoms with van der Waals surface area (Å²) in [6, 6.07) is 6.16. The van der Waals surface area contributed by atoms with Crippen LogP contribution in [0.1, 0.15) is 0 Å². The highest BCUT2D eigenvalue weighted by Gasteiger charge is 2.13. The van der Waals surface area contributed by atoms with Crippen LogP contribution in [0.2, 0.25) is 0 Å². The number of para-hydroxylation sites is 1. The molecule has 0 unspecified atom stereocenters. The van der Waals surface area contributed by atoms with Crippen molar-refractivity contribution in [2.75, 3.05) is 12.5 Å². The van der Waals surface area contributed by atoms with Crippen molar-refractivity contribution in [1.29, 1.82) is 0 Å². The molecule has 0 aliphatic rings. The zero-order chi connectivity index (χ0) is 10.6. The van der Waals surface area contributed by atoms with E-state index in [-0.39, 0.29) is 17.3 Å². The molecule has 0 spiro atoms. The molecule has 1 aromatic rings. The molecule has 14 heavy (non-hydrogen) atoms. The summed E-state index contributed by atoms with van der Waals surface area (Å²) < 4.78 is 27.3. The molecule has 1 aromatic carbocycles. The summed E-state index contributed by atoms with van der Waals surface area (Å²) in [4.78, 5) is -0.0230. The van der Waals surface area contributed by atoms with Crippen molar-refractivity contribution in [2.45, 2.75) is 4.90 Å². The summed E-state index contributed by atoms with van der Waals surface area (Å²) in [5.41, 5.74) is 0. The summed E-state index contributed by atoms with van der Waals surface area (Å²) in [7, 11) is -3.73. The molecule has 0 amide bonds. The van der Waals surface area contributed by atoms with Gasteiger partial charge in [0.1, 0.15) is 17.3 Å². The SMILES string of the molecule is NS(=O)(=O)c1ccccc1OCCCl. The first-order valence-electron chi connectivity index (χ1n) is 3.86. The van der Waals surface area contributed by atoms with E-state index in [1.54, 1.807) is 12.1 Å². The number of primary sulfonamides is 1. The lowest BCUT2D eigenvalue weighted by Crippen LogP contribution is -2.14. The van der Waals surface area contributed by atoms with Crippen molar-refractivity contribution in [3.05, 3.63) is 24.3 Å². The number of halogens is 1. The standard InChI is InChI=1S/C8H10ClNO3S/c9-5-6-13-7-3-1-2-4-8(7)14(10,11)12/h1-4H,5-6H2,(H2,10,11,12). The summed E-state index contributed by atoms with van der Waals surface area (Å²) in [6.07, 6.45) is 0. The largest absolute Gasteiger partial charge is 0.491 e. The van der Waals surface area contributed by atoms with Gasteiger partial charge in [0.15, 0.2) is 0 Å². The maximum atomic E-state index is 11.1. The molecular formula is C8H10ClNO3S. The second-order valence-corrected chi connectivity index (χ2v) is 4.44. The van der Waals surface area contributed by atoms with Gasteiger partial charge in [-0.05, 0) is 12.1 Å². The van der Waals surface area contributed by atoms with E-state index in [1.165, 1.54) is 12.1 Å². The fourth-order valence-electron chi connectivity index (χ4n) is 0.953. The molecule has 0 saturated carbocycles. The number of hydrogen-bond donors (Lipinski definition) is 1. The van der Waals surface area contributed by atoms with Crippen LogP contribution in [0.25, 0.3) is 0 Å². The van der Waals surface area contributed by atoms with Gasteiger partial charge in [0.05, 0.1) is 5.88 Å². The number of hydrogen-bond acceptors (Lipinski definition) is 3. The van der Waals surface area contributed by atoms with Gasteiger partial charge in [0, 0.05) is 0 Å². The van der Waals surface area contributed by atoms with Gasteiger partial charge in [-0.1, -0.05) is 12.1 Å². The molecule has 4 nitrogen and oxygen atoms in total. The van der Waals surface area contributed by atoms with Crippen LogP contribution in [-0.4, -0.2) is 20.9 Å². The Morgan fingerprint density at radius 2 is 2.00 bits per heavy atom. The lowest BCUT2D eigenvalue weighted by molar-refractivity contribution is 0.333. The van der Waals surface area contributed by atoms with Crippen molar-refractivity contribution >= 4 is 21.6 Å². The molecule has 78 valence electrons. The highest BCUT2D eigenvalue weighted by atomic mass is 35.5. The zero-order valence-electron chi connectivity index (χ0n) is 7.31. The Kier molecular flexibility index (Phi) is 3.74. The van der Waals surface area contributed by atoms with Crippen LogP contribution in [0.5, 0.6) is 5.75 Å². The molecule has 6 heteroatoms. The van der Waals surface area contributed by atoms with Gasteiger partial charge in [-0.25, -0.2) is 13.6 Å². The number of sulfonamides is 1. The summed E-state index contributed by atoms with van der Waals surface area (Å²) in [5, 5.41) is 4.99. The van der Waals surface area contributed by atoms with Gasteiger partial charge in [-0.2, -0.15) is 0 Å². The van der Waals surface area contributed by atoms with Gasteiger partial charge in [-0.3, -0.25) is 0 Å². The predicted molar refractivity (Wildman–Crippen MR) is 54.0 cm³/mol. The monoisotopic (exact) mass is 235 g/mol. The first-order valence-corrected chi connectivity index (χ1v) is 5.94. The van der Waals surface area contributed by atoms with Crippen LogP contribution >= 0.6 is 11.6 Å². The lowest BCUT2D eigenvalue weighted by atomic mass is 10.3. The molecule has 2 N–H and O–H groups in total. The second kappa shape index (κ2) is 4.63. The van der Waals surface area contributed by atoms with Crippen LogP contribution in [-0.2, 0) is 10.0 Å². The maximum Gasteiger partial charge on any atom is 0.241 e. The van der Waals surface area contributed by atoms with Crippen LogP contribution in [0.15, 0.2) is 29.2 Å². The number of alkyl halides is 1. The second-order valence-electron chi connectivity index (χ2n) is 2.53. The van der Waals surface area contributed by atoms with E-state index >= 15 is 0 Å². The molecule has 1 rings (SSSR count). The molecule has 0 fully saturated rings. The molecule has 0 bridgehead atoms. The average Bonchev–Trinajstić information content (AvgIpc) is 2.14. The van der Waals surface area contributed by atoms with Crippen LogP contribution in [0, 0.1) is 0 Å². The van der Waals surface area contributed by atoms with Crippen LogP contribution in [0.3, 0.4) is 0 Å². The zero-order valence-corrected chi connectivity index (χ0v) is 8.88. The minimum Gasteiger partial charge on any atom is -0.491 e.